The molecule has 0 bridgehead atoms. The van der Waals surface area contributed by atoms with Crippen LogP contribution in [-0.4, -0.2) is 31.7 Å². The van der Waals surface area contributed by atoms with Crippen molar-refractivity contribution in [1.29, 1.82) is 0 Å². The quantitative estimate of drug-likeness (QED) is 0.822. The van der Waals surface area contributed by atoms with E-state index in [9.17, 15) is 22.0 Å². The number of carbonyl (C=O) groups excluding carboxylic acids is 1. The monoisotopic (exact) mass is 408 g/mol. The average Bonchev–Trinajstić information content (AvgIpc) is 2.68. The van der Waals surface area contributed by atoms with E-state index < -0.39 is 33.6 Å². The van der Waals surface area contributed by atoms with Gasteiger partial charge in [-0.25, -0.2) is 17.2 Å². The molecule has 2 aromatic carbocycles. The summed E-state index contributed by atoms with van der Waals surface area (Å²) < 4.78 is 53.6. The summed E-state index contributed by atoms with van der Waals surface area (Å²) in [7, 11) is -3.56. The highest BCUT2D eigenvalue weighted by Crippen LogP contribution is 2.22. The van der Waals surface area contributed by atoms with Crippen LogP contribution >= 0.6 is 0 Å². The van der Waals surface area contributed by atoms with Gasteiger partial charge in [-0.15, -0.1) is 0 Å². The highest BCUT2D eigenvalue weighted by molar-refractivity contribution is 7.89. The maximum atomic E-state index is 13.9. The van der Waals surface area contributed by atoms with Crippen molar-refractivity contribution in [3.63, 3.8) is 0 Å². The van der Waals surface area contributed by atoms with Gasteiger partial charge in [-0.3, -0.25) is 4.79 Å². The Morgan fingerprint density at radius 3 is 2.29 bits per heavy atom. The van der Waals surface area contributed by atoms with E-state index in [-0.39, 0.29) is 16.0 Å². The smallest absolute Gasteiger partial charge is 0.251 e. The number of rotatable bonds is 5. The molecular formula is C20H22F2N2O3S. The first-order valence-corrected chi connectivity index (χ1v) is 10.6. The van der Waals surface area contributed by atoms with Crippen LogP contribution in [0.4, 0.5) is 8.78 Å². The molecule has 1 N–H and O–H groups in total. The van der Waals surface area contributed by atoms with Gasteiger partial charge in [0.15, 0.2) is 0 Å². The molecule has 0 unspecified atom stereocenters. The third-order valence-corrected chi connectivity index (χ3v) is 6.76. The van der Waals surface area contributed by atoms with Crippen LogP contribution in [0.25, 0.3) is 0 Å². The van der Waals surface area contributed by atoms with Crippen LogP contribution in [0.2, 0.25) is 0 Å². The summed E-state index contributed by atoms with van der Waals surface area (Å²) in [5.74, 6) is -1.90. The van der Waals surface area contributed by atoms with Crippen LogP contribution in [0.15, 0.2) is 47.4 Å². The van der Waals surface area contributed by atoms with Crippen molar-refractivity contribution in [2.24, 2.45) is 0 Å². The summed E-state index contributed by atoms with van der Waals surface area (Å²) in [6, 6.07) is 8.16. The first-order chi connectivity index (χ1) is 13.3. The molecule has 8 heteroatoms. The van der Waals surface area contributed by atoms with Crippen LogP contribution in [-0.2, 0) is 10.0 Å². The van der Waals surface area contributed by atoms with E-state index in [0.717, 1.165) is 31.4 Å². The molecule has 0 aliphatic carbocycles. The molecule has 1 saturated heterocycles. The van der Waals surface area contributed by atoms with Crippen molar-refractivity contribution in [1.82, 2.24) is 9.62 Å². The number of piperidine rings is 1. The number of sulfonamides is 1. The Hall–Kier alpha value is -2.32. The molecule has 0 spiro atoms. The highest BCUT2D eigenvalue weighted by Gasteiger charge is 2.26. The predicted molar refractivity (Wildman–Crippen MR) is 101 cm³/mol. The second-order valence-corrected chi connectivity index (χ2v) is 8.79. The lowest BCUT2D eigenvalue weighted by Crippen LogP contribution is -2.35. The minimum Gasteiger partial charge on any atom is -0.345 e. The molecule has 2 aromatic rings. The summed E-state index contributed by atoms with van der Waals surface area (Å²) >= 11 is 0. The van der Waals surface area contributed by atoms with Crippen molar-refractivity contribution >= 4 is 15.9 Å². The minimum absolute atomic E-state index is 0.142. The molecule has 0 aromatic heterocycles. The van der Waals surface area contributed by atoms with Gasteiger partial charge in [0.25, 0.3) is 5.91 Å². The molecule has 0 radical (unpaired) electrons. The predicted octanol–water partition coefficient (Wildman–Crippen LogP) is 3.63. The van der Waals surface area contributed by atoms with Crippen molar-refractivity contribution in [2.75, 3.05) is 13.1 Å². The van der Waals surface area contributed by atoms with E-state index in [1.54, 1.807) is 6.92 Å². The topological polar surface area (TPSA) is 66.5 Å². The fourth-order valence-corrected chi connectivity index (χ4v) is 4.76. The number of benzene rings is 2. The Morgan fingerprint density at radius 2 is 1.68 bits per heavy atom. The summed E-state index contributed by atoms with van der Waals surface area (Å²) in [4.78, 5) is 12.5. The van der Waals surface area contributed by atoms with Gasteiger partial charge >= 0.3 is 0 Å². The van der Waals surface area contributed by atoms with E-state index in [1.807, 2.05) is 0 Å². The standard InChI is InChI=1S/C20H22F2N2O3S/c1-14(18-10-7-16(21)13-19(18)22)23-20(25)15-5-8-17(9-6-15)28(26,27)24-11-3-2-4-12-24/h5-10,13-14H,2-4,11-12H2,1H3,(H,23,25)/t14-/m1/s1. The largest absolute Gasteiger partial charge is 0.345 e. The van der Waals surface area contributed by atoms with E-state index in [4.69, 9.17) is 0 Å². The van der Waals surface area contributed by atoms with Crippen molar-refractivity contribution < 1.29 is 22.0 Å². The zero-order chi connectivity index (χ0) is 20.3. The van der Waals surface area contributed by atoms with E-state index in [0.29, 0.717) is 13.1 Å². The first-order valence-electron chi connectivity index (χ1n) is 9.15. The first kappa shape index (κ1) is 20.4. The van der Waals surface area contributed by atoms with Gasteiger partial charge in [0.1, 0.15) is 11.6 Å². The lowest BCUT2D eigenvalue weighted by Gasteiger charge is -2.25. The fraction of sp³-hybridized carbons (Fsp3) is 0.350. The molecule has 5 nitrogen and oxygen atoms in total. The van der Waals surface area contributed by atoms with Crippen molar-refractivity contribution in [2.45, 2.75) is 37.1 Å². The lowest BCUT2D eigenvalue weighted by molar-refractivity contribution is 0.0939. The summed E-state index contributed by atoms with van der Waals surface area (Å²) in [6.07, 6.45) is 2.72. The van der Waals surface area contributed by atoms with E-state index in [2.05, 4.69) is 5.32 Å². The van der Waals surface area contributed by atoms with Gasteiger partial charge < -0.3 is 5.32 Å². The number of amides is 1. The number of hydrogen-bond acceptors (Lipinski definition) is 3. The number of nitrogens with zero attached hydrogens (tertiary/aromatic N) is 1. The molecule has 3 rings (SSSR count). The fourth-order valence-electron chi connectivity index (χ4n) is 3.24. The minimum atomic E-state index is -3.56. The molecule has 28 heavy (non-hydrogen) atoms. The second kappa shape index (κ2) is 8.36. The van der Waals surface area contributed by atoms with Crippen LogP contribution < -0.4 is 5.32 Å². The molecule has 1 atom stereocenters. The van der Waals surface area contributed by atoms with Crippen molar-refractivity contribution in [3.8, 4) is 0 Å². The Balaban J connectivity index is 1.71. The zero-order valence-corrected chi connectivity index (χ0v) is 16.3. The molecule has 1 aliphatic rings. The van der Waals surface area contributed by atoms with E-state index >= 15 is 0 Å². The number of hydrogen-bond donors (Lipinski definition) is 1. The third kappa shape index (κ3) is 4.39. The maximum Gasteiger partial charge on any atom is 0.251 e. The number of halogens is 2. The molecular weight excluding hydrogens is 386 g/mol. The highest BCUT2D eigenvalue weighted by atomic mass is 32.2. The number of nitrogens with one attached hydrogen (secondary N) is 1. The average molecular weight is 408 g/mol. The van der Waals surface area contributed by atoms with Gasteiger partial charge in [0.2, 0.25) is 10.0 Å². The third-order valence-electron chi connectivity index (χ3n) is 4.85. The number of carbonyl (C=O) groups is 1. The molecule has 150 valence electrons. The van der Waals surface area contributed by atoms with Gasteiger partial charge in [0.05, 0.1) is 10.9 Å². The van der Waals surface area contributed by atoms with Gasteiger partial charge in [0, 0.05) is 30.3 Å². The van der Waals surface area contributed by atoms with E-state index in [1.165, 1.54) is 34.6 Å². The van der Waals surface area contributed by atoms with Crippen LogP contribution in [0.3, 0.4) is 0 Å². The zero-order valence-electron chi connectivity index (χ0n) is 15.5. The molecule has 1 heterocycles. The van der Waals surface area contributed by atoms with Crippen LogP contribution in [0.1, 0.15) is 48.1 Å². The summed E-state index contributed by atoms with van der Waals surface area (Å²) in [6.45, 7) is 2.60. The van der Waals surface area contributed by atoms with Crippen LogP contribution in [0, 0.1) is 11.6 Å². The molecule has 1 aliphatic heterocycles. The Bertz CT molecular complexity index is 956. The maximum absolute atomic E-state index is 13.9. The van der Waals surface area contributed by atoms with Gasteiger partial charge in [-0.05, 0) is 50.1 Å². The lowest BCUT2D eigenvalue weighted by atomic mass is 10.1. The van der Waals surface area contributed by atoms with Gasteiger partial charge in [-0.2, -0.15) is 4.31 Å². The Morgan fingerprint density at radius 1 is 1.04 bits per heavy atom. The van der Waals surface area contributed by atoms with Crippen LogP contribution in [0.5, 0.6) is 0 Å². The Kier molecular flexibility index (Phi) is 6.10. The Labute approximate surface area is 163 Å². The van der Waals surface area contributed by atoms with Crippen molar-refractivity contribution in [3.05, 3.63) is 65.2 Å². The SMILES string of the molecule is C[C@@H](NC(=O)c1ccc(S(=O)(=O)N2CCCCC2)cc1)c1ccc(F)cc1F. The molecule has 0 saturated carbocycles. The molecule has 1 amide bonds. The summed E-state index contributed by atoms with van der Waals surface area (Å²) in [5.41, 5.74) is 0.422. The molecule has 1 fully saturated rings. The second-order valence-electron chi connectivity index (χ2n) is 6.85. The summed E-state index contributed by atoms with van der Waals surface area (Å²) in [5, 5.41) is 2.63. The normalized spacial score (nSPS) is 16.5. The van der Waals surface area contributed by atoms with Gasteiger partial charge in [-0.1, -0.05) is 12.5 Å².